The van der Waals surface area contributed by atoms with Crippen molar-refractivity contribution in [2.24, 2.45) is 0 Å². The van der Waals surface area contributed by atoms with Crippen LogP contribution in [0.25, 0.3) is 0 Å². The highest BCUT2D eigenvalue weighted by atomic mass is 16.5. The van der Waals surface area contributed by atoms with Crippen LogP contribution in [0.4, 0.5) is 0 Å². The van der Waals surface area contributed by atoms with Crippen LogP contribution in [0, 0.1) is 0 Å². The van der Waals surface area contributed by atoms with E-state index < -0.39 is 12.1 Å². The van der Waals surface area contributed by atoms with Crippen molar-refractivity contribution in [1.82, 2.24) is 5.32 Å². The fourth-order valence-electron chi connectivity index (χ4n) is 13.7. The van der Waals surface area contributed by atoms with Crippen molar-refractivity contribution < 1.29 is 24.5 Å². The van der Waals surface area contributed by atoms with Crippen LogP contribution in [0.3, 0.4) is 0 Å². The van der Waals surface area contributed by atoms with Crippen LogP contribution < -0.4 is 5.32 Å². The van der Waals surface area contributed by atoms with Gasteiger partial charge in [-0.2, -0.15) is 0 Å². The number of aliphatic hydroxyl groups excluding tert-OH is 2. The Bertz CT molecular complexity index is 1370. The standard InChI is InChI=1S/C84H165NO5/c1-3-5-7-9-11-13-15-17-19-21-23-37-41-44-48-52-56-60-64-68-72-76-82(87)81(80-86)85-83(88)77-73-69-65-61-57-53-49-45-42-38-35-33-31-29-27-25-24-26-28-30-32-34-36-39-43-47-51-55-59-63-67-71-75-79-90-84(89)78-74-70-66-62-58-54-50-46-40-22-20-18-16-14-12-10-8-6-4-2/h28,30,81-82,86-87H,3-27,29,31-80H2,1-2H3,(H,85,88)/b30-28-. The lowest BCUT2D eigenvalue weighted by Gasteiger charge is -2.22. The van der Waals surface area contributed by atoms with Crippen LogP contribution in [-0.4, -0.2) is 47.4 Å². The predicted molar refractivity (Wildman–Crippen MR) is 398 cm³/mol. The molecule has 90 heavy (non-hydrogen) atoms. The Labute approximate surface area is 565 Å². The van der Waals surface area contributed by atoms with E-state index in [-0.39, 0.29) is 18.5 Å². The summed E-state index contributed by atoms with van der Waals surface area (Å²) in [5.41, 5.74) is 0. The highest BCUT2D eigenvalue weighted by Crippen LogP contribution is 2.21. The molecule has 0 aromatic rings. The predicted octanol–water partition coefficient (Wildman–Crippen LogP) is 27.8. The molecular formula is C84H165NO5. The SMILES string of the molecule is CCCCCCCCCCCCCCCCCCCCCCCC(O)C(CO)NC(=O)CCCCCCCCCCCCCCCCCCC/C=C\CCCCCCCCCCCCCCOC(=O)CCCCCCCCCCCCCCCCCCCCC. The summed E-state index contributed by atoms with van der Waals surface area (Å²) in [5.74, 6) is -0.000941. The van der Waals surface area contributed by atoms with E-state index >= 15 is 0 Å². The molecule has 0 fully saturated rings. The quantitative estimate of drug-likeness (QED) is 0.0320. The molecule has 0 saturated heterocycles. The smallest absolute Gasteiger partial charge is 0.305 e. The summed E-state index contributed by atoms with van der Waals surface area (Å²) in [6.07, 6.45) is 102. The molecule has 2 unspecified atom stereocenters. The molecule has 0 aromatic carbocycles. The van der Waals surface area contributed by atoms with E-state index in [0.717, 1.165) is 38.5 Å². The average Bonchev–Trinajstić information content (AvgIpc) is 3.59. The average molecular weight is 1270 g/mol. The number of hydrogen-bond donors (Lipinski definition) is 3. The molecule has 0 aromatic heterocycles. The zero-order valence-corrected chi connectivity index (χ0v) is 61.7. The summed E-state index contributed by atoms with van der Waals surface area (Å²) in [6, 6.07) is -0.540. The number of unbranched alkanes of at least 4 members (excludes halogenated alkanes) is 67. The van der Waals surface area contributed by atoms with E-state index in [2.05, 4.69) is 31.3 Å². The number of amides is 1. The summed E-state index contributed by atoms with van der Waals surface area (Å²) < 4.78 is 5.52. The van der Waals surface area contributed by atoms with E-state index in [1.54, 1.807) is 0 Å². The molecule has 536 valence electrons. The topological polar surface area (TPSA) is 95.9 Å². The number of nitrogens with one attached hydrogen (secondary N) is 1. The summed E-state index contributed by atoms with van der Waals surface area (Å²) in [7, 11) is 0. The number of aliphatic hydroxyl groups is 2. The van der Waals surface area contributed by atoms with Crippen LogP contribution in [0.2, 0.25) is 0 Å². The van der Waals surface area contributed by atoms with Gasteiger partial charge in [0.25, 0.3) is 0 Å². The minimum Gasteiger partial charge on any atom is -0.466 e. The van der Waals surface area contributed by atoms with Gasteiger partial charge in [-0.3, -0.25) is 9.59 Å². The molecular weight excluding hydrogens is 1100 g/mol. The summed E-state index contributed by atoms with van der Waals surface area (Å²) in [4.78, 5) is 24.7. The Morgan fingerprint density at radius 1 is 0.300 bits per heavy atom. The second-order valence-electron chi connectivity index (χ2n) is 29.2. The first-order valence-electron chi connectivity index (χ1n) is 41.9. The maximum atomic E-state index is 12.6. The second-order valence-corrected chi connectivity index (χ2v) is 29.2. The summed E-state index contributed by atoms with van der Waals surface area (Å²) >= 11 is 0. The number of allylic oxidation sites excluding steroid dienone is 2. The molecule has 1 amide bonds. The second kappa shape index (κ2) is 80.0. The van der Waals surface area contributed by atoms with Gasteiger partial charge in [0, 0.05) is 12.8 Å². The third kappa shape index (κ3) is 75.6. The Morgan fingerprint density at radius 2 is 0.522 bits per heavy atom. The molecule has 0 heterocycles. The highest BCUT2D eigenvalue weighted by molar-refractivity contribution is 5.76. The van der Waals surface area contributed by atoms with E-state index in [9.17, 15) is 19.8 Å². The van der Waals surface area contributed by atoms with Crippen LogP contribution in [0.1, 0.15) is 489 Å². The Balaban J connectivity index is 3.33. The fourth-order valence-corrected chi connectivity index (χ4v) is 13.7. The Morgan fingerprint density at radius 3 is 0.789 bits per heavy atom. The number of carbonyl (C=O) groups is 2. The number of esters is 1. The lowest BCUT2D eigenvalue weighted by molar-refractivity contribution is -0.143. The first-order chi connectivity index (χ1) is 44.5. The van der Waals surface area contributed by atoms with Gasteiger partial charge in [-0.05, 0) is 51.4 Å². The third-order valence-electron chi connectivity index (χ3n) is 20.1. The first kappa shape index (κ1) is 88.6. The molecule has 6 heteroatoms. The maximum absolute atomic E-state index is 12.6. The zero-order valence-electron chi connectivity index (χ0n) is 61.7. The highest BCUT2D eigenvalue weighted by Gasteiger charge is 2.20. The van der Waals surface area contributed by atoms with E-state index in [1.165, 1.54) is 417 Å². The molecule has 0 rings (SSSR count). The van der Waals surface area contributed by atoms with E-state index in [4.69, 9.17) is 4.74 Å². The lowest BCUT2D eigenvalue weighted by Crippen LogP contribution is -2.45. The molecule has 0 aliphatic heterocycles. The van der Waals surface area contributed by atoms with Crippen molar-refractivity contribution in [3.8, 4) is 0 Å². The fraction of sp³-hybridized carbons (Fsp3) is 0.952. The van der Waals surface area contributed by atoms with Gasteiger partial charge < -0.3 is 20.3 Å². The molecule has 0 aliphatic rings. The minimum atomic E-state index is -0.663. The third-order valence-corrected chi connectivity index (χ3v) is 20.1. The van der Waals surface area contributed by atoms with Gasteiger partial charge in [-0.1, -0.05) is 437 Å². The van der Waals surface area contributed by atoms with Crippen LogP contribution in [0.5, 0.6) is 0 Å². The van der Waals surface area contributed by atoms with Crippen molar-refractivity contribution in [2.45, 2.75) is 501 Å². The van der Waals surface area contributed by atoms with Crippen molar-refractivity contribution >= 4 is 11.9 Å². The normalized spacial score (nSPS) is 12.4. The van der Waals surface area contributed by atoms with Gasteiger partial charge in [0.2, 0.25) is 5.91 Å². The molecule has 0 saturated carbocycles. The maximum Gasteiger partial charge on any atom is 0.305 e. The van der Waals surface area contributed by atoms with Crippen molar-refractivity contribution in [2.75, 3.05) is 13.2 Å². The molecule has 0 aliphatic carbocycles. The summed E-state index contributed by atoms with van der Waals surface area (Å²) in [5, 5.41) is 23.5. The Kier molecular flexibility index (Phi) is 78.8. The van der Waals surface area contributed by atoms with Gasteiger partial charge >= 0.3 is 5.97 Å². The summed E-state index contributed by atoms with van der Waals surface area (Å²) in [6.45, 7) is 5.02. The van der Waals surface area contributed by atoms with Gasteiger partial charge in [-0.15, -0.1) is 0 Å². The number of hydrogen-bond acceptors (Lipinski definition) is 5. The van der Waals surface area contributed by atoms with Gasteiger partial charge in [0.05, 0.1) is 25.4 Å². The molecule has 2 atom stereocenters. The minimum absolute atomic E-state index is 0.0250. The van der Waals surface area contributed by atoms with E-state index in [1.807, 2.05) is 0 Å². The molecule has 0 radical (unpaired) electrons. The number of ether oxygens (including phenoxy) is 1. The van der Waals surface area contributed by atoms with Gasteiger partial charge in [-0.25, -0.2) is 0 Å². The number of rotatable bonds is 80. The van der Waals surface area contributed by atoms with Gasteiger partial charge in [0.15, 0.2) is 0 Å². The van der Waals surface area contributed by atoms with Crippen LogP contribution in [-0.2, 0) is 14.3 Å². The zero-order chi connectivity index (χ0) is 64.9. The monoisotopic (exact) mass is 1270 g/mol. The Hall–Kier alpha value is -1.40. The molecule has 3 N–H and O–H groups in total. The van der Waals surface area contributed by atoms with Crippen molar-refractivity contribution in [1.29, 1.82) is 0 Å². The lowest BCUT2D eigenvalue weighted by atomic mass is 10.0. The van der Waals surface area contributed by atoms with E-state index in [0.29, 0.717) is 25.9 Å². The molecule has 0 bridgehead atoms. The van der Waals surface area contributed by atoms with Crippen molar-refractivity contribution in [3.63, 3.8) is 0 Å². The molecule has 6 nitrogen and oxygen atoms in total. The first-order valence-corrected chi connectivity index (χ1v) is 41.9. The van der Waals surface area contributed by atoms with Gasteiger partial charge in [0.1, 0.15) is 0 Å². The number of carbonyl (C=O) groups excluding carboxylic acids is 2. The van der Waals surface area contributed by atoms with Crippen LogP contribution in [0.15, 0.2) is 12.2 Å². The van der Waals surface area contributed by atoms with Crippen molar-refractivity contribution in [3.05, 3.63) is 12.2 Å². The molecule has 0 spiro atoms. The largest absolute Gasteiger partial charge is 0.466 e. The van der Waals surface area contributed by atoms with Crippen LogP contribution >= 0.6 is 0 Å².